The average molecular weight is 477 g/mol. The van der Waals surface area contributed by atoms with Crippen LogP contribution in [0.2, 0.25) is 0 Å². The Balaban J connectivity index is 2.64. The van der Waals surface area contributed by atoms with Crippen LogP contribution in [0, 0.1) is 5.82 Å². The normalized spacial score (nSPS) is 13.3. The predicted octanol–water partition coefficient (Wildman–Crippen LogP) is 4.25. The van der Waals surface area contributed by atoms with Gasteiger partial charge in [-0.2, -0.15) is 0 Å². The lowest BCUT2D eigenvalue weighted by Gasteiger charge is -2.22. The molecule has 0 aliphatic rings. The van der Waals surface area contributed by atoms with E-state index in [1.165, 1.54) is 18.2 Å². The quantitative estimate of drug-likeness (QED) is 0.371. The van der Waals surface area contributed by atoms with Crippen molar-refractivity contribution in [1.29, 1.82) is 0 Å². The van der Waals surface area contributed by atoms with Crippen LogP contribution >= 0.6 is 0 Å². The summed E-state index contributed by atoms with van der Waals surface area (Å²) in [4.78, 5) is 10.8. The summed E-state index contributed by atoms with van der Waals surface area (Å²) in [5.74, 6) is -0.491. The maximum Gasteiger partial charge on any atom is 0.305 e. The number of halogens is 1. The van der Waals surface area contributed by atoms with Crippen LogP contribution < -0.4 is 9.47 Å². The molecule has 0 aromatic heterocycles. The van der Waals surface area contributed by atoms with Crippen LogP contribution in [-0.4, -0.2) is 60.9 Å². The molecule has 2 atom stereocenters. The van der Waals surface area contributed by atoms with Crippen LogP contribution in [-0.2, 0) is 9.53 Å². The van der Waals surface area contributed by atoms with Crippen molar-refractivity contribution < 1.29 is 38.7 Å². The monoisotopic (exact) mass is 476 g/mol. The van der Waals surface area contributed by atoms with Gasteiger partial charge in [0, 0.05) is 19.1 Å². The molecule has 7 nitrogen and oxygen atoms in total. The number of aliphatic hydroxyl groups is 2. The summed E-state index contributed by atoms with van der Waals surface area (Å²) < 4.78 is 30.4. The minimum Gasteiger partial charge on any atom is -0.493 e. The molecule has 0 amide bonds. The van der Waals surface area contributed by atoms with E-state index in [4.69, 9.17) is 19.3 Å². The molecule has 8 heteroatoms. The molecule has 0 aliphatic carbocycles. The van der Waals surface area contributed by atoms with E-state index >= 15 is 0 Å². The number of rotatable bonds is 13. The van der Waals surface area contributed by atoms with Crippen LogP contribution in [0.15, 0.2) is 36.4 Å². The van der Waals surface area contributed by atoms with Crippen molar-refractivity contribution >= 4 is 12.0 Å². The second kappa shape index (κ2) is 13.1. The third-order valence-corrected chi connectivity index (χ3v) is 5.24. The second-order valence-electron chi connectivity index (χ2n) is 8.20. The fourth-order valence-corrected chi connectivity index (χ4v) is 3.61. The van der Waals surface area contributed by atoms with Gasteiger partial charge in [0.15, 0.2) is 11.5 Å². The maximum absolute atomic E-state index is 13.7. The first-order chi connectivity index (χ1) is 16.2. The zero-order valence-corrected chi connectivity index (χ0v) is 20.0. The highest BCUT2D eigenvalue weighted by Crippen LogP contribution is 2.45. The molecule has 0 saturated carbocycles. The van der Waals surface area contributed by atoms with E-state index in [-0.39, 0.29) is 24.8 Å². The van der Waals surface area contributed by atoms with Crippen molar-refractivity contribution in [3.05, 3.63) is 53.4 Å². The lowest BCUT2D eigenvalue weighted by molar-refractivity contribution is -0.139. The Morgan fingerprint density at radius 1 is 1.12 bits per heavy atom. The molecule has 0 spiro atoms. The summed E-state index contributed by atoms with van der Waals surface area (Å²) >= 11 is 0. The van der Waals surface area contributed by atoms with Gasteiger partial charge in [-0.25, -0.2) is 4.39 Å². The molecule has 0 radical (unpaired) electrons. The van der Waals surface area contributed by atoms with Crippen molar-refractivity contribution in [2.24, 2.45) is 0 Å². The van der Waals surface area contributed by atoms with Crippen LogP contribution in [0.1, 0.15) is 43.7 Å². The average Bonchev–Trinajstić information content (AvgIpc) is 2.77. The van der Waals surface area contributed by atoms with Gasteiger partial charge in [0.05, 0.1) is 32.3 Å². The smallest absolute Gasteiger partial charge is 0.305 e. The SMILES string of the molecule is COCCOc1c(OC)cc(C(C)C)c(C=CC(O)CC(O)CC(=O)O)c1-c1ccc(F)cc1. The maximum atomic E-state index is 13.7. The first-order valence-electron chi connectivity index (χ1n) is 11.1. The number of methoxy groups -OCH3 is 2. The molecule has 2 unspecified atom stereocenters. The van der Waals surface area contributed by atoms with E-state index in [1.807, 2.05) is 19.9 Å². The predicted molar refractivity (Wildman–Crippen MR) is 128 cm³/mol. The first-order valence-corrected chi connectivity index (χ1v) is 11.1. The number of hydrogen-bond donors (Lipinski definition) is 3. The Morgan fingerprint density at radius 2 is 1.79 bits per heavy atom. The van der Waals surface area contributed by atoms with Gasteiger partial charge in [-0.15, -0.1) is 0 Å². The van der Waals surface area contributed by atoms with Gasteiger partial charge >= 0.3 is 5.97 Å². The molecular formula is C26H33FO7. The van der Waals surface area contributed by atoms with Crippen molar-refractivity contribution in [2.75, 3.05) is 27.4 Å². The van der Waals surface area contributed by atoms with Crippen molar-refractivity contribution in [1.82, 2.24) is 0 Å². The largest absolute Gasteiger partial charge is 0.493 e. The summed E-state index contributed by atoms with van der Waals surface area (Å²) in [7, 11) is 3.11. The standard InChI is InChI=1S/C26H33FO7/c1-16(2)22-15-23(33-4)26(34-12-11-32-3)25(17-5-7-18(27)8-6-17)21(22)10-9-19(28)13-20(29)14-24(30)31/h5-10,15-16,19-20,28-29H,11-14H2,1-4H3,(H,30,31). The molecule has 2 rings (SSSR count). The van der Waals surface area contributed by atoms with Crippen molar-refractivity contribution in [2.45, 2.75) is 44.8 Å². The van der Waals surface area contributed by atoms with Crippen molar-refractivity contribution in [3.63, 3.8) is 0 Å². The molecule has 2 aromatic carbocycles. The van der Waals surface area contributed by atoms with E-state index in [2.05, 4.69) is 0 Å². The number of ether oxygens (including phenoxy) is 3. The van der Waals surface area contributed by atoms with Gasteiger partial charge in [-0.1, -0.05) is 38.1 Å². The number of carbonyl (C=O) groups is 1. The molecule has 34 heavy (non-hydrogen) atoms. The van der Waals surface area contributed by atoms with Gasteiger partial charge in [0.2, 0.25) is 0 Å². The number of aliphatic hydroxyl groups excluding tert-OH is 2. The highest BCUT2D eigenvalue weighted by atomic mass is 19.1. The molecule has 0 fully saturated rings. The topological polar surface area (TPSA) is 105 Å². The zero-order chi connectivity index (χ0) is 25.3. The van der Waals surface area contributed by atoms with E-state index in [9.17, 15) is 19.4 Å². The summed E-state index contributed by atoms with van der Waals surface area (Å²) in [6.45, 7) is 4.64. The number of hydrogen-bond acceptors (Lipinski definition) is 6. The number of carboxylic acid groups (broad SMARTS) is 1. The third kappa shape index (κ3) is 7.55. The number of aliphatic carboxylic acids is 1. The Labute approximate surface area is 199 Å². The van der Waals surface area contributed by atoms with E-state index in [1.54, 1.807) is 32.4 Å². The highest BCUT2D eigenvalue weighted by Gasteiger charge is 2.22. The van der Waals surface area contributed by atoms with Crippen molar-refractivity contribution in [3.8, 4) is 22.6 Å². The van der Waals surface area contributed by atoms with Crippen LogP contribution in [0.5, 0.6) is 11.5 Å². The Bertz CT molecular complexity index is 970. The molecule has 3 N–H and O–H groups in total. The Hall–Kier alpha value is -2.94. The Morgan fingerprint density at radius 3 is 2.35 bits per heavy atom. The highest BCUT2D eigenvalue weighted by molar-refractivity contribution is 5.85. The lowest BCUT2D eigenvalue weighted by atomic mass is 9.88. The summed E-state index contributed by atoms with van der Waals surface area (Å²) in [5.41, 5.74) is 3.00. The van der Waals surface area contributed by atoms with Gasteiger partial charge in [-0.05, 0) is 40.8 Å². The van der Waals surface area contributed by atoms with Crippen LogP contribution in [0.3, 0.4) is 0 Å². The fraction of sp³-hybridized carbons (Fsp3) is 0.423. The third-order valence-electron chi connectivity index (χ3n) is 5.24. The number of carboxylic acids is 1. The number of benzene rings is 2. The van der Waals surface area contributed by atoms with Gasteiger partial charge < -0.3 is 29.5 Å². The molecule has 2 aromatic rings. The minimum absolute atomic E-state index is 0.0653. The summed E-state index contributed by atoms with van der Waals surface area (Å²) in [6, 6.07) is 7.86. The first kappa shape index (κ1) is 27.3. The lowest BCUT2D eigenvalue weighted by Crippen LogP contribution is -2.19. The molecule has 186 valence electrons. The van der Waals surface area contributed by atoms with Gasteiger partial charge in [-0.3, -0.25) is 4.79 Å². The van der Waals surface area contributed by atoms with Crippen LogP contribution in [0.4, 0.5) is 4.39 Å². The molecule has 0 heterocycles. The van der Waals surface area contributed by atoms with Gasteiger partial charge in [0.1, 0.15) is 12.4 Å². The molecule has 0 aliphatic heterocycles. The Kier molecular flexibility index (Phi) is 10.5. The van der Waals surface area contributed by atoms with E-state index < -0.39 is 24.6 Å². The summed E-state index contributed by atoms with van der Waals surface area (Å²) in [6.07, 6.45) is 0.388. The summed E-state index contributed by atoms with van der Waals surface area (Å²) in [5, 5.41) is 29.1. The molecular weight excluding hydrogens is 443 g/mol. The zero-order valence-electron chi connectivity index (χ0n) is 20.0. The second-order valence-corrected chi connectivity index (χ2v) is 8.20. The minimum atomic E-state index is -1.18. The van der Waals surface area contributed by atoms with E-state index in [0.29, 0.717) is 29.2 Å². The van der Waals surface area contributed by atoms with E-state index in [0.717, 1.165) is 11.1 Å². The fourth-order valence-electron chi connectivity index (χ4n) is 3.61. The molecule has 0 bridgehead atoms. The van der Waals surface area contributed by atoms with Crippen LogP contribution in [0.25, 0.3) is 17.2 Å². The molecule has 0 saturated heterocycles. The van der Waals surface area contributed by atoms with Gasteiger partial charge in [0.25, 0.3) is 0 Å².